The number of hydrogen-bond donors (Lipinski definition) is 1. The second-order valence-corrected chi connectivity index (χ2v) is 9.42. The monoisotopic (exact) mass is 353 g/mol. The van der Waals surface area contributed by atoms with Crippen molar-refractivity contribution in [3.05, 3.63) is 29.3 Å². The second kappa shape index (κ2) is 6.09. The molecule has 4 aliphatic rings. The zero-order valence-electron chi connectivity index (χ0n) is 15.9. The molecule has 2 bridgehead atoms. The molecule has 0 amide bonds. The minimum atomic E-state index is -0.0247. The number of nitrogens with zero attached hydrogens (tertiary/aromatic N) is 1. The van der Waals surface area contributed by atoms with Crippen LogP contribution in [0, 0.1) is 17.8 Å². The average molecular weight is 354 g/mol. The van der Waals surface area contributed by atoms with Crippen molar-refractivity contribution in [1.29, 1.82) is 0 Å². The minimum Gasteiger partial charge on any atom is -0.508 e. The van der Waals surface area contributed by atoms with Gasteiger partial charge in [0.05, 0.1) is 0 Å². The minimum absolute atomic E-state index is 0.0247. The molecule has 1 aromatic carbocycles. The maximum Gasteiger partial charge on any atom is 0.134 e. The third-order valence-electron chi connectivity index (χ3n) is 8.18. The molecule has 0 aromatic heterocycles. The zero-order valence-corrected chi connectivity index (χ0v) is 15.9. The van der Waals surface area contributed by atoms with Crippen LogP contribution < -0.4 is 0 Å². The molecule has 0 unspecified atom stereocenters. The number of phenols is 1. The Hall–Kier alpha value is -1.35. The van der Waals surface area contributed by atoms with Gasteiger partial charge in [-0.1, -0.05) is 25.8 Å². The van der Waals surface area contributed by atoms with E-state index in [1.54, 1.807) is 0 Å². The van der Waals surface area contributed by atoms with E-state index in [9.17, 15) is 9.90 Å². The zero-order chi connectivity index (χ0) is 17.9. The molecule has 1 aromatic rings. The number of hydrogen-bond acceptors (Lipinski definition) is 3. The highest BCUT2D eigenvalue weighted by Gasteiger charge is 2.58. The third-order valence-corrected chi connectivity index (χ3v) is 8.18. The van der Waals surface area contributed by atoms with Gasteiger partial charge < -0.3 is 5.11 Å². The maximum absolute atomic E-state index is 12.7. The van der Waals surface area contributed by atoms with Gasteiger partial charge in [0.25, 0.3) is 0 Å². The Balaban J connectivity index is 1.59. The highest BCUT2D eigenvalue weighted by Crippen LogP contribution is 2.58. The number of rotatable bonds is 3. The first-order valence-corrected chi connectivity index (χ1v) is 10.7. The molecule has 1 saturated heterocycles. The van der Waals surface area contributed by atoms with Gasteiger partial charge in [-0.05, 0) is 73.2 Å². The van der Waals surface area contributed by atoms with Crippen LogP contribution in [0.4, 0.5) is 0 Å². The van der Waals surface area contributed by atoms with Crippen molar-refractivity contribution in [2.45, 2.75) is 69.7 Å². The summed E-state index contributed by atoms with van der Waals surface area (Å²) in [6, 6.07) is 6.54. The summed E-state index contributed by atoms with van der Waals surface area (Å²) in [5, 5.41) is 10.2. The smallest absolute Gasteiger partial charge is 0.134 e. The Morgan fingerprint density at radius 2 is 2.12 bits per heavy atom. The predicted octanol–water partition coefficient (Wildman–Crippen LogP) is 4.07. The largest absolute Gasteiger partial charge is 0.508 e. The molecule has 4 atom stereocenters. The number of aromatic hydroxyl groups is 1. The van der Waals surface area contributed by atoms with Crippen molar-refractivity contribution in [2.24, 2.45) is 17.8 Å². The van der Waals surface area contributed by atoms with Crippen LogP contribution in [0.25, 0.3) is 0 Å². The fraction of sp³-hybridized carbons (Fsp3) is 0.696. The number of fused-ring (bicyclic) bond motifs is 1. The molecule has 3 aliphatic carbocycles. The van der Waals surface area contributed by atoms with E-state index in [1.165, 1.54) is 36.9 Å². The standard InChI is InChI=1S/C23H31NO2/c1-2-16-10-19(26)13-23-8-9-24(14-15-4-3-5-15)21(22(16)23)11-17-6-7-18(25)12-20(17)23/h6-7,12,15-16,21-22,25H,2-5,8-11,13-14H2,1H3/t16-,21-,22+,23-/m1/s1. The Morgan fingerprint density at radius 3 is 2.85 bits per heavy atom. The SMILES string of the molecule is CC[C@@H]1CC(=O)C[C@]23CCN(CC4CCC4)[C@H](Cc4ccc(O)cc42)[C@H]13. The summed E-state index contributed by atoms with van der Waals surface area (Å²) >= 11 is 0. The average Bonchev–Trinajstić information content (AvgIpc) is 2.59. The first-order chi connectivity index (χ1) is 12.6. The van der Waals surface area contributed by atoms with Crippen molar-refractivity contribution in [1.82, 2.24) is 4.90 Å². The number of Topliss-reactive ketones (excluding diaryl/α,β-unsaturated/α-hetero) is 1. The van der Waals surface area contributed by atoms with E-state index in [2.05, 4.69) is 17.9 Å². The lowest BCUT2D eigenvalue weighted by Gasteiger charge is -2.61. The topological polar surface area (TPSA) is 40.5 Å². The second-order valence-electron chi connectivity index (χ2n) is 9.42. The van der Waals surface area contributed by atoms with Crippen molar-refractivity contribution in [3.8, 4) is 5.75 Å². The lowest BCUT2D eigenvalue weighted by atomic mass is 9.49. The molecule has 0 spiro atoms. The van der Waals surface area contributed by atoms with Crippen molar-refractivity contribution in [2.75, 3.05) is 13.1 Å². The summed E-state index contributed by atoms with van der Waals surface area (Å²) in [5.41, 5.74) is 2.66. The van der Waals surface area contributed by atoms with Gasteiger partial charge in [-0.3, -0.25) is 9.69 Å². The van der Waals surface area contributed by atoms with Gasteiger partial charge in [0.2, 0.25) is 0 Å². The maximum atomic E-state index is 12.7. The van der Waals surface area contributed by atoms with E-state index >= 15 is 0 Å². The van der Waals surface area contributed by atoms with Crippen molar-refractivity contribution >= 4 is 5.78 Å². The molecular weight excluding hydrogens is 322 g/mol. The van der Waals surface area contributed by atoms with Crippen LogP contribution in [-0.4, -0.2) is 34.9 Å². The normalized spacial score (nSPS) is 37.0. The summed E-state index contributed by atoms with van der Waals surface area (Å²) in [5.74, 6) is 2.78. The number of carbonyl (C=O) groups is 1. The van der Waals surface area contributed by atoms with Crippen LogP contribution in [0.2, 0.25) is 0 Å². The van der Waals surface area contributed by atoms with Crippen LogP contribution >= 0.6 is 0 Å². The van der Waals surface area contributed by atoms with Crippen molar-refractivity contribution in [3.63, 3.8) is 0 Å². The van der Waals surface area contributed by atoms with Crippen LogP contribution in [0.3, 0.4) is 0 Å². The van der Waals surface area contributed by atoms with Crippen LogP contribution in [0.15, 0.2) is 18.2 Å². The summed E-state index contributed by atoms with van der Waals surface area (Å²) in [4.78, 5) is 15.5. The van der Waals surface area contributed by atoms with E-state index < -0.39 is 0 Å². The molecule has 140 valence electrons. The first kappa shape index (κ1) is 16.8. The Morgan fingerprint density at radius 1 is 1.27 bits per heavy atom. The summed E-state index contributed by atoms with van der Waals surface area (Å²) < 4.78 is 0. The fourth-order valence-corrected chi connectivity index (χ4v) is 6.81. The van der Waals surface area contributed by atoms with E-state index in [1.807, 2.05) is 12.1 Å². The van der Waals surface area contributed by atoms with E-state index in [4.69, 9.17) is 0 Å². The Bertz CT molecular complexity index is 725. The molecule has 1 heterocycles. The van der Waals surface area contributed by atoms with Crippen LogP contribution in [0.1, 0.15) is 63.0 Å². The molecule has 2 saturated carbocycles. The molecule has 1 N–H and O–H groups in total. The highest BCUT2D eigenvalue weighted by molar-refractivity contribution is 5.82. The van der Waals surface area contributed by atoms with Crippen LogP contribution in [0.5, 0.6) is 5.75 Å². The van der Waals surface area contributed by atoms with Crippen LogP contribution in [-0.2, 0) is 16.6 Å². The lowest BCUT2D eigenvalue weighted by molar-refractivity contribution is -0.132. The van der Waals surface area contributed by atoms with Gasteiger partial charge in [0.15, 0.2) is 0 Å². The molecule has 5 rings (SSSR count). The number of phenolic OH excluding ortho intramolecular Hbond substituents is 1. The Kier molecular flexibility index (Phi) is 3.93. The van der Waals surface area contributed by atoms with E-state index in [0.29, 0.717) is 35.8 Å². The number of ketones is 1. The molecular formula is C23H31NO2. The molecule has 3 nitrogen and oxygen atoms in total. The van der Waals surface area contributed by atoms with Gasteiger partial charge in [-0.25, -0.2) is 0 Å². The number of piperidine rings is 1. The summed E-state index contributed by atoms with van der Waals surface area (Å²) in [7, 11) is 0. The van der Waals surface area contributed by atoms with Gasteiger partial charge in [-0.2, -0.15) is 0 Å². The van der Waals surface area contributed by atoms with Gasteiger partial charge >= 0.3 is 0 Å². The molecule has 1 aliphatic heterocycles. The quantitative estimate of drug-likeness (QED) is 0.891. The molecule has 3 heteroatoms. The fourth-order valence-electron chi connectivity index (χ4n) is 6.81. The number of likely N-dealkylation sites (tertiary alicyclic amines) is 1. The number of benzene rings is 1. The van der Waals surface area contributed by atoms with E-state index in [0.717, 1.165) is 38.1 Å². The third kappa shape index (κ3) is 2.39. The van der Waals surface area contributed by atoms with Gasteiger partial charge in [0.1, 0.15) is 11.5 Å². The molecule has 3 fully saturated rings. The Labute approximate surface area is 156 Å². The first-order valence-electron chi connectivity index (χ1n) is 10.7. The highest BCUT2D eigenvalue weighted by atomic mass is 16.3. The molecule has 0 radical (unpaired) electrons. The van der Waals surface area contributed by atoms with Gasteiger partial charge in [0, 0.05) is 30.8 Å². The van der Waals surface area contributed by atoms with E-state index in [-0.39, 0.29) is 5.41 Å². The van der Waals surface area contributed by atoms with Crippen molar-refractivity contribution < 1.29 is 9.90 Å². The lowest BCUT2D eigenvalue weighted by Crippen LogP contribution is -2.64. The molecule has 26 heavy (non-hydrogen) atoms. The number of carbonyl (C=O) groups excluding carboxylic acids is 1. The summed E-state index contributed by atoms with van der Waals surface area (Å²) in [6.07, 6.45) is 8.95. The predicted molar refractivity (Wildman–Crippen MR) is 102 cm³/mol. The van der Waals surface area contributed by atoms with Gasteiger partial charge in [-0.15, -0.1) is 0 Å². The summed E-state index contributed by atoms with van der Waals surface area (Å²) in [6.45, 7) is 4.65.